The number of hydrogen-bond acceptors (Lipinski definition) is 7. The fraction of sp³-hybridized carbons (Fsp3) is 0.533. The molecule has 1 aliphatic heterocycles. The van der Waals surface area contributed by atoms with Crippen LogP contribution in [0.25, 0.3) is 0 Å². The van der Waals surface area contributed by atoms with Gasteiger partial charge in [0.25, 0.3) is 5.91 Å². The number of amides is 1. The summed E-state index contributed by atoms with van der Waals surface area (Å²) < 4.78 is 1.90. The number of carbonyl (C=O) groups excluding carboxylic acids is 1. The van der Waals surface area contributed by atoms with E-state index in [0.717, 1.165) is 0 Å². The van der Waals surface area contributed by atoms with E-state index in [4.69, 9.17) is 0 Å². The summed E-state index contributed by atoms with van der Waals surface area (Å²) in [5.41, 5.74) is -1.38. The fourth-order valence-electron chi connectivity index (χ4n) is 2.89. The van der Waals surface area contributed by atoms with E-state index in [2.05, 4.69) is 19.8 Å². The Morgan fingerprint density at radius 3 is 2.62 bits per heavy atom. The van der Waals surface area contributed by atoms with Gasteiger partial charge in [0.05, 0.1) is 10.3 Å². The SMILES string of the molecule is CN1CCC(SN=O)(C(C)(NC(=O)c2cccnc2)C(=O)O)CC1. The summed E-state index contributed by atoms with van der Waals surface area (Å²) in [6.45, 7) is 2.68. The number of aliphatic carboxylic acids is 1. The van der Waals surface area contributed by atoms with E-state index in [0.29, 0.717) is 37.9 Å². The van der Waals surface area contributed by atoms with E-state index < -0.39 is 22.2 Å². The summed E-state index contributed by atoms with van der Waals surface area (Å²) in [6, 6.07) is 3.15. The van der Waals surface area contributed by atoms with Crippen molar-refractivity contribution in [3.63, 3.8) is 0 Å². The van der Waals surface area contributed by atoms with Crippen LogP contribution in [0.5, 0.6) is 0 Å². The molecular formula is C15H20N4O4S. The maximum absolute atomic E-state index is 12.5. The molecule has 8 nitrogen and oxygen atoms in total. The number of rotatable bonds is 6. The van der Waals surface area contributed by atoms with Crippen LogP contribution >= 0.6 is 11.9 Å². The highest BCUT2D eigenvalue weighted by molar-refractivity contribution is 7.99. The van der Waals surface area contributed by atoms with Crippen LogP contribution in [0.15, 0.2) is 29.1 Å². The van der Waals surface area contributed by atoms with Gasteiger partial charge in [-0.2, -0.15) is 0 Å². The summed E-state index contributed by atoms with van der Waals surface area (Å²) in [4.78, 5) is 41.4. The van der Waals surface area contributed by atoms with Crippen LogP contribution in [0.4, 0.5) is 0 Å². The second-order valence-corrected chi connectivity index (χ2v) is 7.20. The van der Waals surface area contributed by atoms with Crippen LogP contribution in [-0.4, -0.2) is 57.3 Å². The molecule has 130 valence electrons. The number of nitrogens with zero attached hydrogens (tertiary/aromatic N) is 3. The second-order valence-electron chi connectivity index (χ2n) is 6.09. The molecule has 1 amide bonds. The van der Waals surface area contributed by atoms with Gasteiger partial charge < -0.3 is 15.3 Å². The molecule has 2 rings (SSSR count). The van der Waals surface area contributed by atoms with E-state index >= 15 is 0 Å². The van der Waals surface area contributed by atoms with E-state index in [1.54, 1.807) is 12.1 Å². The Kier molecular flexibility index (Phi) is 5.55. The topological polar surface area (TPSA) is 112 Å². The van der Waals surface area contributed by atoms with Crippen molar-refractivity contribution in [3.05, 3.63) is 35.0 Å². The Hall–Kier alpha value is -2.00. The number of hydrogen-bond donors (Lipinski definition) is 2. The summed E-state index contributed by atoms with van der Waals surface area (Å²) in [5.74, 6) is -1.74. The number of carboxylic acid groups (broad SMARTS) is 1. The highest BCUT2D eigenvalue weighted by Crippen LogP contribution is 2.45. The van der Waals surface area contributed by atoms with Gasteiger partial charge in [-0.1, -0.05) is 0 Å². The molecule has 1 aliphatic rings. The van der Waals surface area contributed by atoms with Gasteiger partial charge in [0.1, 0.15) is 0 Å². The number of aromatic nitrogens is 1. The fourth-order valence-corrected chi connectivity index (χ4v) is 3.72. The van der Waals surface area contributed by atoms with E-state index in [-0.39, 0.29) is 5.56 Å². The Morgan fingerprint density at radius 1 is 1.46 bits per heavy atom. The lowest BCUT2D eigenvalue weighted by atomic mass is 9.77. The van der Waals surface area contributed by atoms with Crippen LogP contribution in [-0.2, 0) is 4.79 Å². The third-order valence-corrected chi connectivity index (χ3v) is 5.87. The van der Waals surface area contributed by atoms with Gasteiger partial charge in [-0.05, 0) is 52.0 Å². The lowest BCUT2D eigenvalue weighted by Gasteiger charge is -2.47. The number of carboxylic acids is 1. The zero-order chi connectivity index (χ0) is 17.8. The molecular weight excluding hydrogens is 332 g/mol. The largest absolute Gasteiger partial charge is 0.479 e. The average Bonchev–Trinajstić information content (AvgIpc) is 2.57. The third-order valence-electron chi connectivity index (χ3n) is 4.63. The van der Waals surface area contributed by atoms with Crippen molar-refractivity contribution in [2.75, 3.05) is 20.1 Å². The number of piperidine rings is 1. The molecule has 0 spiro atoms. The van der Waals surface area contributed by atoms with Crippen molar-refractivity contribution >= 4 is 23.8 Å². The lowest BCUT2D eigenvalue weighted by molar-refractivity contribution is -0.145. The van der Waals surface area contributed by atoms with Crippen molar-refractivity contribution in [3.8, 4) is 0 Å². The molecule has 1 unspecified atom stereocenters. The highest BCUT2D eigenvalue weighted by atomic mass is 32.2. The Balaban J connectivity index is 2.35. The first-order valence-electron chi connectivity index (χ1n) is 7.50. The van der Waals surface area contributed by atoms with Gasteiger partial charge in [-0.15, -0.1) is 4.91 Å². The normalized spacial score (nSPS) is 19.9. The van der Waals surface area contributed by atoms with Crippen molar-refractivity contribution < 1.29 is 14.7 Å². The molecule has 1 aromatic heterocycles. The minimum atomic E-state index is -1.64. The first-order chi connectivity index (χ1) is 11.3. The predicted molar refractivity (Wildman–Crippen MR) is 90.6 cm³/mol. The number of nitroso groups, excluding NO2 is 1. The monoisotopic (exact) mass is 352 g/mol. The van der Waals surface area contributed by atoms with Crippen LogP contribution in [0.2, 0.25) is 0 Å². The Labute approximate surface area is 144 Å². The van der Waals surface area contributed by atoms with Crippen LogP contribution in [0.1, 0.15) is 30.1 Å². The quantitative estimate of drug-likeness (QED) is 0.590. The molecule has 0 saturated carbocycles. The number of likely N-dealkylation sites (tertiary alicyclic amines) is 1. The summed E-state index contributed by atoms with van der Waals surface area (Å²) in [7, 11) is 1.93. The Morgan fingerprint density at radius 2 is 2.12 bits per heavy atom. The molecule has 9 heteroatoms. The van der Waals surface area contributed by atoms with Gasteiger partial charge in [-0.3, -0.25) is 9.78 Å². The standard InChI is InChI=1S/C15H20N4O4S/c1-14(13(21)22,17-12(20)11-4-3-7-16-10-11)15(24-18-23)5-8-19(2)9-6-15/h3-4,7,10H,5-6,8-9H2,1-2H3,(H,17,20)(H,21,22). The smallest absolute Gasteiger partial charge is 0.330 e. The second kappa shape index (κ2) is 7.27. The molecule has 24 heavy (non-hydrogen) atoms. The average molecular weight is 352 g/mol. The van der Waals surface area contributed by atoms with Crippen molar-refractivity contribution in [2.24, 2.45) is 4.58 Å². The maximum atomic E-state index is 12.5. The highest BCUT2D eigenvalue weighted by Gasteiger charge is 2.57. The van der Waals surface area contributed by atoms with Gasteiger partial charge in [0, 0.05) is 28.9 Å². The van der Waals surface area contributed by atoms with Gasteiger partial charge in [0.2, 0.25) is 0 Å². The molecule has 2 heterocycles. The molecule has 0 bridgehead atoms. The summed E-state index contributed by atoms with van der Waals surface area (Å²) >= 11 is 0.706. The number of carbonyl (C=O) groups is 2. The predicted octanol–water partition coefficient (Wildman–Crippen LogP) is 1.53. The van der Waals surface area contributed by atoms with E-state index in [1.807, 2.05) is 7.05 Å². The molecule has 0 aliphatic carbocycles. The minimum Gasteiger partial charge on any atom is -0.479 e. The van der Waals surface area contributed by atoms with Crippen LogP contribution in [0, 0.1) is 4.91 Å². The van der Waals surface area contributed by atoms with Crippen molar-refractivity contribution in [1.82, 2.24) is 15.2 Å². The van der Waals surface area contributed by atoms with Gasteiger partial charge >= 0.3 is 5.97 Å². The summed E-state index contributed by atoms with van der Waals surface area (Å²) in [6.07, 6.45) is 3.74. The zero-order valence-corrected chi connectivity index (χ0v) is 14.4. The van der Waals surface area contributed by atoms with Gasteiger partial charge in [-0.25, -0.2) is 4.79 Å². The molecule has 1 aromatic rings. The molecule has 1 atom stereocenters. The first-order valence-corrected chi connectivity index (χ1v) is 8.27. The summed E-state index contributed by atoms with van der Waals surface area (Å²) in [5, 5.41) is 12.4. The minimum absolute atomic E-state index is 0.261. The van der Waals surface area contributed by atoms with Crippen molar-refractivity contribution in [1.29, 1.82) is 0 Å². The lowest BCUT2D eigenvalue weighted by Crippen LogP contribution is -2.67. The van der Waals surface area contributed by atoms with E-state index in [9.17, 15) is 19.6 Å². The maximum Gasteiger partial charge on any atom is 0.330 e. The van der Waals surface area contributed by atoms with E-state index in [1.165, 1.54) is 19.3 Å². The molecule has 2 N–H and O–H groups in total. The van der Waals surface area contributed by atoms with Crippen LogP contribution in [0.3, 0.4) is 0 Å². The number of pyridine rings is 1. The van der Waals surface area contributed by atoms with Crippen molar-refractivity contribution in [2.45, 2.75) is 30.1 Å². The molecule has 1 saturated heterocycles. The van der Waals surface area contributed by atoms with Crippen LogP contribution < -0.4 is 5.32 Å². The molecule has 1 fully saturated rings. The molecule has 0 radical (unpaired) electrons. The van der Waals surface area contributed by atoms with Gasteiger partial charge in [0.15, 0.2) is 5.54 Å². The third kappa shape index (κ3) is 3.41. The molecule has 0 aromatic carbocycles. The zero-order valence-electron chi connectivity index (χ0n) is 13.6. The Bertz CT molecular complexity index is 619. The first kappa shape index (κ1) is 18.3. The number of nitrogens with one attached hydrogen (secondary N) is 1.